The van der Waals surface area contributed by atoms with Gasteiger partial charge in [0, 0.05) is 30.1 Å². The number of anilines is 1. The Morgan fingerprint density at radius 1 is 1.03 bits per heavy atom. The average Bonchev–Trinajstić information content (AvgIpc) is 3.10. The summed E-state index contributed by atoms with van der Waals surface area (Å²) in [6.07, 6.45) is 0. The number of thiophene rings is 1. The molecule has 0 atom stereocenters. The summed E-state index contributed by atoms with van der Waals surface area (Å²) in [5.74, 6) is -0.969. The van der Waals surface area contributed by atoms with Crippen LogP contribution in [-0.2, 0) is 14.8 Å². The minimum absolute atomic E-state index is 0.0876. The van der Waals surface area contributed by atoms with Crippen LogP contribution in [0.3, 0.4) is 0 Å². The van der Waals surface area contributed by atoms with Crippen LogP contribution in [0.15, 0.2) is 59.5 Å². The molecule has 0 aliphatic heterocycles. The van der Waals surface area contributed by atoms with E-state index in [9.17, 15) is 18.0 Å². The minimum Gasteiger partial charge on any atom is -0.462 e. The lowest BCUT2D eigenvalue weighted by molar-refractivity contribution is 0.0529. The second-order valence-electron chi connectivity index (χ2n) is 7.09. The zero-order chi connectivity index (χ0) is 23.5. The van der Waals surface area contributed by atoms with Crippen LogP contribution < -0.4 is 5.32 Å². The summed E-state index contributed by atoms with van der Waals surface area (Å²) in [6.45, 7) is 3.81. The summed E-state index contributed by atoms with van der Waals surface area (Å²) in [4.78, 5) is 26.6. The number of hydrogen-bond donors (Lipinski definition) is 1. The predicted molar refractivity (Wildman–Crippen MR) is 126 cm³/mol. The number of hydrogen-bond acceptors (Lipinski definition) is 6. The van der Waals surface area contributed by atoms with Crippen molar-refractivity contribution in [1.29, 1.82) is 0 Å². The molecule has 0 radical (unpaired) electrons. The highest BCUT2D eigenvalue weighted by Crippen LogP contribution is 2.40. The van der Waals surface area contributed by atoms with E-state index in [1.54, 1.807) is 6.92 Å². The number of sulfonamides is 1. The summed E-state index contributed by atoms with van der Waals surface area (Å²) in [5.41, 5.74) is 2.14. The monoisotopic (exact) mass is 472 g/mol. The van der Waals surface area contributed by atoms with Crippen LogP contribution in [0.1, 0.15) is 32.5 Å². The lowest BCUT2D eigenvalue weighted by Crippen LogP contribution is -2.22. The van der Waals surface area contributed by atoms with E-state index in [1.807, 2.05) is 37.3 Å². The van der Waals surface area contributed by atoms with E-state index in [4.69, 9.17) is 4.74 Å². The van der Waals surface area contributed by atoms with E-state index in [2.05, 4.69) is 5.32 Å². The van der Waals surface area contributed by atoms with Crippen molar-refractivity contribution in [3.63, 3.8) is 0 Å². The van der Waals surface area contributed by atoms with Gasteiger partial charge in [0.25, 0.3) is 5.91 Å². The molecule has 0 aliphatic rings. The van der Waals surface area contributed by atoms with Crippen molar-refractivity contribution in [2.75, 3.05) is 26.0 Å². The lowest BCUT2D eigenvalue weighted by atomic mass is 10.0. The van der Waals surface area contributed by atoms with Crippen molar-refractivity contribution in [1.82, 2.24) is 4.31 Å². The number of nitrogens with one attached hydrogen (secondary N) is 1. The molecule has 0 spiro atoms. The van der Waals surface area contributed by atoms with Crippen molar-refractivity contribution < 1.29 is 22.7 Å². The fourth-order valence-corrected chi connectivity index (χ4v) is 5.11. The lowest BCUT2D eigenvalue weighted by Gasteiger charge is -2.12. The number of benzene rings is 2. The molecular weight excluding hydrogens is 448 g/mol. The van der Waals surface area contributed by atoms with Crippen LogP contribution in [0.25, 0.3) is 11.1 Å². The van der Waals surface area contributed by atoms with Gasteiger partial charge in [-0.25, -0.2) is 17.5 Å². The molecule has 1 aromatic heterocycles. The Bertz CT molecular complexity index is 1230. The Hall–Kier alpha value is -3.01. The molecule has 2 aromatic carbocycles. The normalized spacial score (nSPS) is 11.4. The van der Waals surface area contributed by atoms with E-state index in [1.165, 1.54) is 49.7 Å². The fourth-order valence-electron chi connectivity index (χ4n) is 3.15. The Labute approximate surface area is 191 Å². The third-order valence-corrected chi connectivity index (χ3v) is 7.60. The molecule has 0 unspecified atom stereocenters. The highest BCUT2D eigenvalue weighted by atomic mass is 32.2. The maximum atomic E-state index is 12.9. The van der Waals surface area contributed by atoms with E-state index >= 15 is 0 Å². The van der Waals surface area contributed by atoms with E-state index in [0.717, 1.165) is 20.3 Å². The molecule has 0 saturated carbocycles. The quantitative estimate of drug-likeness (QED) is 0.515. The van der Waals surface area contributed by atoms with Crippen LogP contribution in [0.2, 0.25) is 0 Å². The molecule has 0 saturated heterocycles. The van der Waals surface area contributed by atoms with Crippen LogP contribution >= 0.6 is 11.3 Å². The molecule has 1 N–H and O–H groups in total. The third-order valence-electron chi connectivity index (χ3n) is 4.75. The van der Waals surface area contributed by atoms with Crippen molar-refractivity contribution in [2.24, 2.45) is 0 Å². The van der Waals surface area contributed by atoms with Gasteiger partial charge in [-0.05, 0) is 43.7 Å². The Morgan fingerprint density at radius 2 is 1.66 bits per heavy atom. The van der Waals surface area contributed by atoms with Crippen molar-refractivity contribution in [3.8, 4) is 11.1 Å². The molecule has 1 amide bonds. The maximum Gasteiger partial charge on any atom is 0.341 e. The molecule has 9 heteroatoms. The van der Waals surface area contributed by atoms with E-state index in [0.29, 0.717) is 10.6 Å². The standard InChI is InChI=1S/C23H24N2O5S2/c1-5-30-23(27)20-19(16-9-7-6-8-10-16)15(2)31-22(20)24-21(26)17-11-13-18(14-12-17)32(28,29)25(3)4/h6-14H,5H2,1-4H3,(H,24,26). The Morgan fingerprint density at radius 3 is 2.22 bits per heavy atom. The summed E-state index contributed by atoms with van der Waals surface area (Å²) in [7, 11) is -0.711. The average molecular weight is 473 g/mol. The second kappa shape index (κ2) is 9.64. The molecular formula is C23H24N2O5S2. The van der Waals surface area contributed by atoms with Crippen molar-refractivity contribution in [2.45, 2.75) is 18.7 Å². The molecule has 3 aromatic rings. The highest BCUT2D eigenvalue weighted by Gasteiger charge is 2.26. The SMILES string of the molecule is CCOC(=O)c1c(NC(=O)c2ccc(S(=O)(=O)N(C)C)cc2)sc(C)c1-c1ccccc1. The van der Waals surface area contributed by atoms with Crippen LogP contribution in [0.4, 0.5) is 5.00 Å². The first-order chi connectivity index (χ1) is 15.2. The first-order valence-corrected chi connectivity index (χ1v) is 12.1. The molecule has 0 aliphatic carbocycles. The number of carbonyl (C=O) groups excluding carboxylic acids is 2. The molecule has 7 nitrogen and oxygen atoms in total. The largest absolute Gasteiger partial charge is 0.462 e. The molecule has 0 bridgehead atoms. The zero-order valence-corrected chi connectivity index (χ0v) is 19.8. The van der Waals surface area contributed by atoms with E-state index in [-0.39, 0.29) is 17.1 Å². The first-order valence-electron chi connectivity index (χ1n) is 9.86. The van der Waals surface area contributed by atoms with Gasteiger partial charge in [-0.3, -0.25) is 4.79 Å². The van der Waals surface area contributed by atoms with Crippen LogP contribution in [-0.4, -0.2) is 45.3 Å². The number of carbonyl (C=O) groups is 2. The summed E-state index contributed by atoms with van der Waals surface area (Å²) in [6, 6.07) is 15.1. The predicted octanol–water partition coefficient (Wildman–Crippen LogP) is 4.40. The number of amides is 1. The fraction of sp³-hybridized carbons (Fsp3) is 0.217. The smallest absolute Gasteiger partial charge is 0.341 e. The molecule has 3 rings (SSSR count). The molecule has 32 heavy (non-hydrogen) atoms. The summed E-state index contributed by atoms with van der Waals surface area (Å²) < 4.78 is 30.8. The zero-order valence-electron chi connectivity index (χ0n) is 18.2. The number of esters is 1. The third kappa shape index (κ3) is 4.74. The first kappa shape index (κ1) is 23.6. The highest BCUT2D eigenvalue weighted by molar-refractivity contribution is 7.89. The van der Waals surface area contributed by atoms with Gasteiger partial charge in [-0.2, -0.15) is 0 Å². The summed E-state index contributed by atoms with van der Waals surface area (Å²) >= 11 is 1.29. The van der Waals surface area contributed by atoms with Gasteiger partial charge >= 0.3 is 5.97 Å². The van der Waals surface area contributed by atoms with Gasteiger partial charge in [-0.1, -0.05) is 30.3 Å². The Kier molecular flexibility index (Phi) is 7.12. The number of aryl methyl sites for hydroxylation is 1. The van der Waals surface area contributed by atoms with Gasteiger partial charge in [0.2, 0.25) is 10.0 Å². The Balaban J connectivity index is 1.97. The van der Waals surface area contributed by atoms with Gasteiger partial charge in [0.05, 0.1) is 11.5 Å². The van der Waals surface area contributed by atoms with Crippen molar-refractivity contribution in [3.05, 3.63) is 70.6 Å². The van der Waals surface area contributed by atoms with Crippen LogP contribution in [0.5, 0.6) is 0 Å². The molecule has 1 heterocycles. The number of nitrogens with zero attached hydrogens (tertiary/aromatic N) is 1. The van der Waals surface area contributed by atoms with Gasteiger partial charge < -0.3 is 10.1 Å². The topological polar surface area (TPSA) is 92.8 Å². The van der Waals surface area contributed by atoms with Crippen molar-refractivity contribution >= 4 is 38.2 Å². The van der Waals surface area contributed by atoms with Gasteiger partial charge in [0.15, 0.2) is 0 Å². The maximum absolute atomic E-state index is 12.9. The minimum atomic E-state index is -3.59. The molecule has 168 valence electrons. The van der Waals surface area contributed by atoms with Gasteiger partial charge in [0.1, 0.15) is 10.6 Å². The van der Waals surface area contributed by atoms with Gasteiger partial charge in [-0.15, -0.1) is 11.3 Å². The number of rotatable bonds is 7. The van der Waals surface area contributed by atoms with E-state index < -0.39 is 21.9 Å². The molecule has 0 fully saturated rings. The number of ether oxygens (including phenoxy) is 1. The van der Waals surface area contributed by atoms with Crippen LogP contribution in [0, 0.1) is 6.92 Å². The summed E-state index contributed by atoms with van der Waals surface area (Å²) in [5, 5.41) is 3.18. The second-order valence-corrected chi connectivity index (χ2v) is 10.5.